The molecule has 1 aliphatic heterocycles. The summed E-state index contributed by atoms with van der Waals surface area (Å²) in [4.78, 5) is 12.4. The second-order valence-electron chi connectivity index (χ2n) is 5.29. The van der Waals surface area contributed by atoms with Crippen molar-refractivity contribution in [2.45, 2.75) is 0 Å². The first kappa shape index (κ1) is 17.7. The first-order valence-corrected chi connectivity index (χ1v) is 8.06. The molecule has 0 aromatic heterocycles. The molecule has 6 heteroatoms. The van der Waals surface area contributed by atoms with Gasteiger partial charge in [-0.15, -0.1) is 6.42 Å². The van der Waals surface area contributed by atoms with Crippen molar-refractivity contribution in [1.82, 2.24) is 0 Å². The Labute approximate surface area is 156 Å². The Hall–Kier alpha value is -3.10. The minimum atomic E-state index is -0.175. The minimum absolute atomic E-state index is 0.0772. The molecule has 0 bridgehead atoms. The number of halogens is 1. The Morgan fingerprint density at radius 1 is 1.31 bits per heavy atom. The maximum absolute atomic E-state index is 12.4. The van der Waals surface area contributed by atoms with E-state index in [-0.39, 0.29) is 19.2 Å². The number of ether oxygens (including phenoxy) is 4. The lowest BCUT2D eigenvalue weighted by atomic mass is 10.1. The van der Waals surface area contributed by atoms with Crippen LogP contribution in [0.3, 0.4) is 0 Å². The second-order valence-corrected chi connectivity index (χ2v) is 5.70. The largest absolute Gasteiger partial charge is 0.493 e. The third-order valence-corrected chi connectivity index (χ3v) is 3.92. The van der Waals surface area contributed by atoms with Crippen LogP contribution in [0.4, 0.5) is 0 Å². The number of hydrogen-bond donors (Lipinski definition) is 0. The molecule has 0 unspecified atom stereocenters. The summed E-state index contributed by atoms with van der Waals surface area (Å²) in [5.41, 5.74) is 1.19. The lowest BCUT2D eigenvalue weighted by Crippen LogP contribution is -1.98. The van der Waals surface area contributed by atoms with Crippen LogP contribution in [0.2, 0.25) is 5.02 Å². The molecule has 1 aliphatic rings. The molecule has 0 atom stereocenters. The van der Waals surface area contributed by atoms with Gasteiger partial charge in [0.25, 0.3) is 0 Å². The highest BCUT2D eigenvalue weighted by Gasteiger charge is 2.15. The lowest BCUT2D eigenvalue weighted by molar-refractivity contribution is 0.104. The number of terminal acetylenes is 1. The molecular formula is C20H15ClO5. The maximum Gasteiger partial charge on any atom is 0.231 e. The topological polar surface area (TPSA) is 54.0 Å². The van der Waals surface area contributed by atoms with Gasteiger partial charge in [-0.2, -0.15) is 0 Å². The van der Waals surface area contributed by atoms with Crippen molar-refractivity contribution in [1.29, 1.82) is 0 Å². The summed E-state index contributed by atoms with van der Waals surface area (Å²) in [6.45, 7) is 0.239. The molecule has 2 aromatic carbocycles. The fourth-order valence-corrected chi connectivity index (χ4v) is 2.68. The predicted molar refractivity (Wildman–Crippen MR) is 98.3 cm³/mol. The molecule has 0 amide bonds. The van der Waals surface area contributed by atoms with Gasteiger partial charge in [0.15, 0.2) is 28.8 Å². The number of carbonyl (C=O) groups excluding carboxylic acids is 1. The molecule has 5 nitrogen and oxygen atoms in total. The molecule has 0 N–H and O–H groups in total. The molecule has 0 spiro atoms. The Bertz CT molecular complexity index is 911. The smallest absolute Gasteiger partial charge is 0.231 e. The van der Waals surface area contributed by atoms with Crippen molar-refractivity contribution in [3.8, 4) is 35.3 Å². The van der Waals surface area contributed by atoms with E-state index in [1.54, 1.807) is 36.4 Å². The summed E-state index contributed by atoms with van der Waals surface area (Å²) in [6, 6.07) is 8.42. The number of hydrogen-bond acceptors (Lipinski definition) is 5. The number of rotatable bonds is 6. The van der Waals surface area contributed by atoms with E-state index in [1.165, 1.54) is 13.2 Å². The van der Waals surface area contributed by atoms with E-state index in [0.717, 1.165) is 0 Å². The number of benzene rings is 2. The van der Waals surface area contributed by atoms with Gasteiger partial charge in [0.2, 0.25) is 6.79 Å². The Kier molecular flexibility index (Phi) is 5.35. The van der Waals surface area contributed by atoms with Gasteiger partial charge in [-0.05, 0) is 42.0 Å². The third-order valence-electron chi connectivity index (χ3n) is 3.64. The summed E-state index contributed by atoms with van der Waals surface area (Å²) in [5.74, 6) is 4.18. The van der Waals surface area contributed by atoms with E-state index < -0.39 is 0 Å². The van der Waals surface area contributed by atoms with Crippen LogP contribution in [0.15, 0.2) is 36.4 Å². The number of methoxy groups -OCH3 is 1. The van der Waals surface area contributed by atoms with Crippen LogP contribution >= 0.6 is 11.6 Å². The van der Waals surface area contributed by atoms with Crippen LogP contribution in [-0.4, -0.2) is 26.3 Å². The van der Waals surface area contributed by atoms with E-state index in [1.807, 2.05) is 0 Å². The summed E-state index contributed by atoms with van der Waals surface area (Å²) in [7, 11) is 1.50. The zero-order chi connectivity index (χ0) is 18.5. The number of ketones is 1. The fourth-order valence-electron chi connectivity index (χ4n) is 2.41. The first-order valence-electron chi connectivity index (χ1n) is 7.68. The molecule has 0 radical (unpaired) electrons. The highest BCUT2D eigenvalue weighted by Crippen LogP contribution is 2.37. The van der Waals surface area contributed by atoms with E-state index in [9.17, 15) is 4.79 Å². The van der Waals surface area contributed by atoms with Gasteiger partial charge in [-0.1, -0.05) is 23.6 Å². The summed E-state index contributed by atoms with van der Waals surface area (Å²) < 4.78 is 21.2. The zero-order valence-corrected chi connectivity index (χ0v) is 14.7. The average molecular weight is 371 g/mol. The standard InChI is InChI=1S/C20H15ClO5/c1-3-8-24-20-15(21)9-13(10-19(20)23-2)4-6-16(22)14-5-7-17-18(11-14)26-12-25-17/h1,4-7,9-11H,8,12H2,2H3/b6-4+. The van der Waals surface area contributed by atoms with Crippen LogP contribution in [0.5, 0.6) is 23.0 Å². The van der Waals surface area contributed by atoms with Crippen molar-refractivity contribution in [2.24, 2.45) is 0 Å². The molecule has 0 aliphatic carbocycles. The average Bonchev–Trinajstić information content (AvgIpc) is 3.12. The number of allylic oxidation sites excluding steroid dienone is 1. The molecule has 132 valence electrons. The molecule has 0 fully saturated rings. The van der Waals surface area contributed by atoms with Gasteiger partial charge >= 0.3 is 0 Å². The van der Waals surface area contributed by atoms with Crippen LogP contribution in [0.1, 0.15) is 15.9 Å². The molecule has 3 rings (SSSR count). The van der Waals surface area contributed by atoms with E-state index >= 15 is 0 Å². The summed E-state index contributed by atoms with van der Waals surface area (Å²) >= 11 is 6.22. The van der Waals surface area contributed by atoms with Crippen molar-refractivity contribution in [2.75, 3.05) is 20.5 Å². The normalized spacial score (nSPS) is 12.0. The first-order chi connectivity index (χ1) is 12.6. The quantitative estimate of drug-likeness (QED) is 0.437. The van der Waals surface area contributed by atoms with E-state index in [4.69, 9.17) is 37.0 Å². The highest BCUT2D eigenvalue weighted by atomic mass is 35.5. The monoisotopic (exact) mass is 370 g/mol. The lowest BCUT2D eigenvalue weighted by Gasteiger charge is -2.11. The van der Waals surface area contributed by atoms with Crippen LogP contribution in [0.25, 0.3) is 6.08 Å². The number of carbonyl (C=O) groups is 1. The van der Waals surface area contributed by atoms with Crippen molar-refractivity contribution < 1.29 is 23.7 Å². The number of fused-ring (bicyclic) bond motifs is 1. The SMILES string of the molecule is C#CCOc1c(Cl)cc(/C=C/C(=O)c2ccc3c(c2)OCO3)cc1OC. The summed E-state index contributed by atoms with van der Waals surface area (Å²) in [5, 5.41) is 0.342. The van der Waals surface area contributed by atoms with Crippen molar-refractivity contribution >= 4 is 23.5 Å². The predicted octanol–water partition coefficient (Wildman–Crippen LogP) is 3.99. The maximum atomic E-state index is 12.4. The van der Waals surface area contributed by atoms with Crippen LogP contribution in [0, 0.1) is 12.3 Å². The van der Waals surface area contributed by atoms with Crippen molar-refractivity contribution in [3.05, 3.63) is 52.6 Å². The Morgan fingerprint density at radius 2 is 2.12 bits per heavy atom. The molecule has 26 heavy (non-hydrogen) atoms. The Morgan fingerprint density at radius 3 is 2.88 bits per heavy atom. The highest BCUT2D eigenvalue weighted by molar-refractivity contribution is 6.32. The van der Waals surface area contributed by atoms with Gasteiger partial charge in [0.05, 0.1) is 12.1 Å². The zero-order valence-electron chi connectivity index (χ0n) is 14.0. The summed E-state index contributed by atoms with van der Waals surface area (Å²) in [6.07, 6.45) is 8.29. The van der Waals surface area contributed by atoms with Crippen LogP contribution < -0.4 is 18.9 Å². The molecule has 1 heterocycles. The minimum Gasteiger partial charge on any atom is -0.493 e. The van der Waals surface area contributed by atoms with Gasteiger partial charge in [-0.3, -0.25) is 4.79 Å². The molecule has 2 aromatic rings. The van der Waals surface area contributed by atoms with Crippen molar-refractivity contribution in [3.63, 3.8) is 0 Å². The second kappa shape index (κ2) is 7.85. The third kappa shape index (κ3) is 3.76. The molecular weight excluding hydrogens is 356 g/mol. The van der Waals surface area contributed by atoms with E-state index in [2.05, 4.69) is 5.92 Å². The fraction of sp³-hybridized carbons (Fsp3) is 0.150. The molecule has 0 saturated carbocycles. The molecule has 0 saturated heterocycles. The van der Waals surface area contributed by atoms with Gasteiger partial charge in [-0.25, -0.2) is 0 Å². The van der Waals surface area contributed by atoms with Gasteiger partial charge in [0.1, 0.15) is 6.61 Å². The van der Waals surface area contributed by atoms with E-state index in [0.29, 0.717) is 39.1 Å². The van der Waals surface area contributed by atoms with Gasteiger partial charge in [0, 0.05) is 5.56 Å². The Balaban J connectivity index is 1.80. The van der Waals surface area contributed by atoms with Crippen LogP contribution in [-0.2, 0) is 0 Å². The van der Waals surface area contributed by atoms with Gasteiger partial charge < -0.3 is 18.9 Å².